The van der Waals surface area contributed by atoms with E-state index in [1.54, 1.807) is 35.2 Å². The van der Waals surface area contributed by atoms with E-state index in [4.69, 9.17) is 9.47 Å². The number of aromatic nitrogens is 2. The van der Waals surface area contributed by atoms with Crippen LogP contribution in [-0.2, 0) is 4.74 Å². The number of benzene rings is 2. The lowest BCUT2D eigenvalue weighted by Gasteiger charge is -2.24. The number of nitrogens with zero attached hydrogens (tertiary/aromatic N) is 3. The molecule has 9 heteroatoms. The van der Waals surface area contributed by atoms with Crippen molar-refractivity contribution in [3.8, 4) is 11.4 Å². The van der Waals surface area contributed by atoms with Gasteiger partial charge >= 0.3 is 6.09 Å². The number of likely N-dealkylation sites (tertiary alicyclic amines) is 1. The molecule has 1 saturated carbocycles. The monoisotopic (exact) mass is 504 g/mol. The van der Waals surface area contributed by atoms with Gasteiger partial charge in [-0.15, -0.1) is 0 Å². The number of amides is 2. The third-order valence-electron chi connectivity index (χ3n) is 6.47. The van der Waals surface area contributed by atoms with Gasteiger partial charge in [0.25, 0.3) is 11.5 Å². The molecular formula is C28H32N4O5. The first-order valence-corrected chi connectivity index (χ1v) is 12.7. The molecule has 2 heterocycles. The van der Waals surface area contributed by atoms with Gasteiger partial charge in [0.1, 0.15) is 23.8 Å². The van der Waals surface area contributed by atoms with Gasteiger partial charge in [-0.1, -0.05) is 6.07 Å². The highest BCUT2D eigenvalue weighted by Gasteiger charge is 2.31. The third kappa shape index (κ3) is 5.60. The minimum Gasteiger partial charge on any atom is -0.488 e. The Bertz CT molecular complexity index is 1420. The highest BCUT2D eigenvalue weighted by atomic mass is 16.6. The first kappa shape index (κ1) is 24.8. The topological polar surface area (TPSA) is 103 Å². The lowest BCUT2D eigenvalue weighted by atomic mass is 10.1. The molecule has 2 fully saturated rings. The molecule has 0 bridgehead atoms. The van der Waals surface area contributed by atoms with Crippen molar-refractivity contribution in [3.63, 3.8) is 0 Å². The van der Waals surface area contributed by atoms with Gasteiger partial charge in [-0.25, -0.2) is 9.78 Å². The fraction of sp³-hybridized carbons (Fsp3) is 0.429. The Morgan fingerprint density at radius 1 is 1.08 bits per heavy atom. The molecule has 1 aliphatic heterocycles. The quantitative estimate of drug-likeness (QED) is 0.564. The van der Waals surface area contributed by atoms with Crippen molar-refractivity contribution in [1.29, 1.82) is 0 Å². The minimum atomic E-state index is -0.555. The molecule has 2 aromatic carbocycles. The molecule has 1 aliphatic carbocycles. The van der Waals surface area contributed by atoms with Crippen LogP contribution in [0.2, 0.25) is 0 Å². The molecule has 2 aliphatic rings. The number of aryl methyl sites for hydroxylation is 1. The predicted molar refractivity (Wildman–Crippen MR) is 139 cm³/mol. The Morgan fingerprint density at radius 2 is 1.86 bits per heavy atom. The fourth-order valence-corrected chi connectivity index (χ4v) is 4.36. The molecule has 5 rings (SSSR count). The van der Waals surface area contributed by atoms with Gasteiger partial charge in [0.15, 0.2) is 0 Å². The number of carbonyl (C=O) groups excluding carboxylic acids is 2. The summed E-state index contributed by atoms with van der Waals surface area (Å²) in [5.74, 6) is 0.396. The first-order valence-electron chi connectivity index (χ1n) is 12.7. The number of hydrogen-bond donors (Lipinski definition) is 1. The standard InChI is InChI=1S/C28H32N4O5/c1-17-5-6-18(25(33)30-19-7-8-19)13-24(17)32-16-29-23-10-9-20(14-22(23)26(32)34)36-21-11-12-31(15-21)27(35)37-28(2,3)4/h5-6,9-10,13-14,16,19,21H,7-8,11-12,15H2,1-4H3,(H,30,33)/t21-/m1/s1. The normalized spacial score (nSPS) is 17.6. The Kier molecular flexibility index (Phi) is 6.39. The molecule has 2 amide bonds. The third-order valence-corrected chi connectivity index (χ3v) is 6.47. The molecule has 9 nitrogen and oxygen atoms in total. The second kappa shape index (κ2) is 9.53. The molecule has 0 unspecified atom stereocenters. The fourth-order valence-electron chi connectivity index (χ4n) is 4.36. The second-order valence-corrected chi connectivity index (χ2v) is 10.8. The summed E-state index contributed by atoms with van der Waals surface area (Å²) in [4.78, 5) is 44.6. The molecular weight excluding hydrogens is 472 g/mol. The molecule has 3 aromatic rings. The van der Waals surface area contributed by atoms with Crippen molar-refractivity contribution in [2.45, 2.75) is 64.7 Å². The summed E-state index contributed by atoms with van der Waals surface area (Å²) < 4.78 is 13.1. The smallest absolute Gasteiger partial charge is 0.410 e. The zero-order chi connectivity index (χ0) is 26.3. The number of nitrogens with one attached hydrogen (secondary N) is 1. The van der Waals surface area contributed by atoms with Gasteiger partial charge < -0.3 is 19.7 Å². The molecule has 0 spiro atoms. The van der Waals surface area contributed by atoms with Crippen molar-refractivity contribution in [2.75, 3.05) is 13.1 Å². The van der Waals surface area contributed by atoms with Crippen LogP contribution < -0.4 is 15.6 Å². The van der Waals surface area contributed by atoms with Gasteiger partial charge in [-0.3, -0.25) is 14.2 Å². The molecule has 1 aromatic heterocycles. The molecule has 0 radical (unpaired) electrons. The van der Waals surface area contributed by atoms with Crippen molar-refractivity contribution in [1.82, 2.24) is 19.8 Å². The van der Waals surface area contributed by atoms with Crippen LogP contribution in [0.15, 0.2) is 47.5 Å². The minimum absolute atomic E-state index is 0.141. The highest BCUT2D eigenvalue weighted by molar-refractivity contribution is 5.95. The largest absolute Gasteiger partial charge is 0.488 e. The van der Waals surface area contributed by atoms with E-state index < -0.39 is 5.60 Å². The van der Waals surface area contributed by atoms with Crippen LogP contribution in [0.5, 0.6) is 5.75 Å². The van der Waals surface area contributed by atoms with Crippen molar-refractivity contribution in [2.24, 2.45) is 0 Å². The van der Waals surface area contributed by atoms with E-state index in [1.165, 1.54) is 10.9 Å². The molecule has 1 atom stereocenters. The van der Waals surface area contributed by atoms with Gasteiger partial charge in [0.05, 0.1) is 23.1 Å². The number of rotatable bonds is 5. The Labute approximate surface area is 215 Å². The summed E-state index contributed by atoms with van der Waals surface area (Å²) in [6.07, 6.45) is 3.61. The van der Waals surface area contributed by atoms with Crippen molar-refractivity contribution in [3.05, 3.63) is 64.2 Å². The maximum atomic E-state index is 13.5. The van der Waals surface area contributed by atoms with E-state index in [-0.39, 0.29) is 29.7 Å². The van der Waals surface area contributed by atoms with Crippen molar-refractivity contribution >= 4 is 22.9 Å². The first-order chi connectivity index (χ1) is 17.6. The molecule has 37 heavy (non-hydrogen) atoms. The second-order valence-electron chi connectivity index (χ2n) is 10.8. The molecule has 1 saturated heterocycles. The molecule has 1 N–H and O–H groups in total. The van der Waals surface area contributed by atoms with Crippen LogP contribution in [0, 0.1) is 6.92 Å². The molecule has 194 valence electrons. The predicted octanol–water partition coefficient (Wildman–Crippen LogP) is 3.97. The van der Waals surface area contributed by atoms with E-state index in [9.17, 15) is 14.4 Å². The SMILES string of the molecule is Cc1ccc(C(=O)NC2CC2)cc1-n1cnc2ccc(O[C@@H]3CCN(C(=O)OC(C)(C)C)C3)cc2c1=O. The van der Waals surface area contributed by atoms with Crippen LogP contribution in [0.25, 0.3) is 16.6 Å². The van der Waals surface area contributed by atoms with Crippen LogP contribution in [-0.4, -0.2) is 57.3 Å². The summed E-state index contributed by atoms with van der Waals surface area (Å²) in [6, 6.07) is 10.8. The van der Waals surface area contributed by atoms with Crippen LogP contribution in [0.1, 0.15) is 56.0 Å². The summed E-state index contributed by atoms with van der Waals surface area (Å²) in [5.41, 5.74) is 1.72. The van der Waals surface area contributed by atoms with Gasteiger partial charge in [0, 0.05) is 24.6 Å². The van der Waals surface area contributed by atoms with E-state index in [0.29, 0.717) is 47.4 Å². The lowest BCUT2D eigenvalue weighted by Crippen LogP contribution is -2.36. The Hall–Kier alpha value is -3.88. The Balaban J connectivity index is 1.37. The average Bonchev–Trinajstić information content (AvgIpc) is 3.53. The lowest BCUT2D eigenvalue weighted by molar-refractivity contribution is 0.0275. The van der Waals surface area contributed by atoms with Gasteiger partial charge in [-0.2, -0.15) is 0 Å². The highest BCUT2D eigenvalue weighted by Crippen LogP contribution is 2.24. The maximum Gasteiger partial charge on any atom is 0.410 e. The zero-order valence-corrected chi connectivity index (χ0v) is 21.6. The number of fused-ring (bicyclic) bond motifs is 1. The summed E-state index contributed by atoms with van der Waals surface area (Å²) in [5, 5.41) is 3.40. The van der Waals surface area contributed by atoms with Gasteiger partial charge in [0.2, 0.25) is 0 Å². The van der Waals surface area contributed by atoms with E-state index in [0.717, 1.165) is 18.4 Å². The van der Waals surface area contributed by atoms with Gasteiger partial charge in [-0.05, 0) is 76.4 Å². The van der Waals surface area contributed by atoms with Crippen molar-refractivity contribution < 1.29 is 19.1 Å². The van der Waals surface area contributed by atoms with Crippen LogP contribution in [0.4, 0.5) is 4.79 Å². The summed E-state index contributed by atoms with van der Waals surface area (Å²) in [6.45, 7) is 8.37. The summed E-state index contributed by atoms with van der Waals surface area (Å²) in [7, 11) is 0. The van der Waals surface area contributed by atoms with Crippen LogP contribution >= 0.6 is 0 Å². The number of carbonyl (C=O) groups is 2. The van der Waals surface area contributed by atoms with E-state index in [1.807, 2.05) is 33.8 Å². The number of ether oxygens (including phenoxy) is 2. The van der Waals surface area contributed by atoms with E-state index in [2.05, 4.69) is 10.3 Å². The average molecular weight is 505 g/mol. The summed E-state index contributed by atoms with van der Waals surface area (Å²) >= 11 is 0. The Morgan fingerprint density at radius 3 is 2.59 bits per heavy atom. The maximum absolute atomic E-state index is 13.5. The zero-order valence-electron chi connectivity index (χ0n) is 21.6. The van der Waals surface area contributed by atoms with E-state index >= 15 is 0 Å². The number of hydrogen-bond acceptors (Lipinski definition) is 6. The van der Waals surface area contributed by atoms with Crippen LogP contribution in [0.3, 0.4) is 0 Å².